The Labute approximate surface area is 120 Å². The maximum atomic E-state index is 11.4. The lowest BCUT2D eigenvalue weighted by molar-refractivity contribution is -0.129. The second kappa shape index (κ2) is 5.38. The van der Waals surface area contributed by atoms with Crippen LogP contribution in [0.25, 0.3) is 0 Å². The minimum Gasteiger partial charge on any atom is -0.353 e. The molecule has 1 aromatic rings. The molecule has 1 saturated heterocycles. The van der Waals surface area contributed by atoms with E-state index >= 15 is 0 Å². The first-order valence-electron chi connectivity index (χ1n) is 7.49. The van der Waals surface area contributed by atoms with E-state index in [1.54, 1.807) is 6.92 Å². The Morgan fingerprint density at radius 3 is 2.45 bits per heavy atom. The van der Waals surface area contributed by atoms with Gasteiger partial charge in [-0.15, -0.1) is 0 Å². The lowest BCUT2D eigenvalue weighted by Gasteiger charge is -2.35. The van der Waals surface area contributed by atoms with Crippen molar-refractivity contribution in [2.75, 3.05) is 31.1 Å². The predicted octanol–water partition coefficient (Wildman–Crippen LogP) is 1.72. The normalized spacial score (nSPS) is 19.9. The number of piperazine rings is 1. The van der Waals surface area contributed by atoms with Gasteiger partial charge in [0.05, 0.1) is 0 Å². The zero-order valence-electron chi connectivity index (χ0n) is 12.3. The molecule has 0 N–H and O–H groups in total. The summed E-state index contributed by atoms with van der Waals surface area (Å²) < 4.78 is 0. The molecule has 0 radical (unpaired) electrons. The molecule has 108 valence electrons. The molecule has 1 aliphatic heterocycles. The molecule has 0 atom stereocenters. The lowest BCUT2D eigenvalue weighted by atomic mass is 9.83. The number of anilines is 1. The van der Waals surface area contributed by atoms with Gasteiger partial charge in [0, 0.05) is 50.8 Å². The van der Waals surface area contributed by atoms with E-state index in [0.717, 1.165) is 37.8 Å². The number of carbonyl (C=O) groups is 1. The monoisotopic (exact) mass is 274 g/mol. The fraction of sp³-hybridized carbons (Fsp3) is 0.667. The van der Waals surface area contributed by atoms with Crippen LogP contribution in [0.15, 0.2) is 6.07 Å². The average Bonchev–Trinajstić information content (AvgIpc) is 2.36. The molecule has 2 aliphatic rings. The van der Waals surface area contributed by atoms with Crippen molar-refractivity contribution < 1.29 is 4.79 Å². The number of amides is 1. The van der Waals surface area contributed by atoms with Crippen LogP contribution in [0.4, 0.5) is 5.82 Å². The summed E-state index contributed by atoms with van der Waals surface area (Å²) in [4.78, 5) is 24.7. The van der Waals surface area contributed by atoms with E-state index in [4.69, 9.17) is 0 Å². The number of carbonyl (C=O) groups excluding carboxylic acids is 1. The summed E-state index contributed by atoms with van der Waals surface area (Å²) in [5.41, 5.74) is 1.20. The average molecular weight is 274 g/mol. The zero-order valence-corrected chi connectivity index (χ0v) is 12.3. The molecule has 2 fully saturated rings. The SMILES string of the molecule is CC(=O)N1CCN(c2cc(C3CCC3)nc(C)n2)CC1. The van der Waals surface area contributed by atoms with Crippen molar-refractivity contribution in [3.63, 3.8) is 0 Å². The van der Waals surface area contributed by atoms with Crippen molar-refractivity contribution in [3.8, 4) is 0 Å². The number of aryl methyl sites for hydroxylation is 1. The predicted molar refractivity (Wildman–Crippen MR) is 77.8 cm³/mol. The molecule has 0 bridgehead atoms. The van der Waals surface area contributed by atoms with E-state index in [1.807, 2.05) is 11.8 Å². The molecule has 20 heavy (non-hydrogen) atoms. The quantitative estimate of drug-likeness (QED) is 0.824. The van der Waals surface area contributed by atoms with Gasteiger partial charge in [-0.2, -0.15) is 0 Å². The lowest BCUT2D eigenvalue weighted by Crippen LogP contribution is -2.48. The van der Waals surface area contributed by atoms with Crippen LogP contribution in [0, 0.1) is 6.92 Å². The van der Waals surface area contributed by atoms with Crippen LogP contribution >= 0.6 is 0 Å². The molecular weight excluding hydrogens is 252 g/mol. The maximum Gasteiger partial charge on any atom is 0.219 e. The number of rotatable bonds is 2. The minimum absolute atomic E-state index is 0.165. The van der Waals surface area contributed by atoms with Crippen molar-refractivity contribution in [1.82, 2.24) is 14.9 Å². The van der Waals surface area contributed by atoms with Gasteiger partial charge in [-0.3, -0.25) is 4.79 Å². The summed E-state index contributed by atoms with van der Waals surface area (Å²) in [5.74, 6) is 2.69. The van der Waals surface area contributed by atoms with Crippen LogP contribution in [0.5, 0.6) is 0 Å². The maximum absolute atomic E-state index is 11.4. The molecule has 0 unspecified atom stereocenters. The van der Waals surface area contributed by atoms with Crippen LogP contribution in [-0.4, -0.2) is 47.0 Å². The third-order valence-electron chi connectivity index (χ3n) is 4.42. The molecule has 1 aromatic heterocycles. The van der Waals surface area contributed by atoms with E-state index in [1.165, 1.54) is 25.0 Å². The van der Waals surface area contributed by atoms with Gasteiger partial charge in [-0.25, -0.2) is 9.97 Å². The third-order valence-corrected chi connectivity index (χ3v) is 4.42. The Morgan fingerprint density at radius 2 is 1.90 bits per heavy atom. The Hall–Kier alpha value is -1.65. The van der Waals surface area contributed by atoms with Crippen LogP contribution < -0.4 is 4.90 Å². The van der Waals surface area contributed by atoms with Gasteiger partial charge in [0.15, 0.2) is 0 Å². The smallest absolute Gasteiger partial charge is 0.219 e. The van der Waals surface area contributed by atoms with Gasteiger partial charge in [0.2, 0.25) is 5.91 Å². The fourth-order valence-electron chi connectivity index (χ4n) is 2.90. The Bertz CT molecular complexity index is 505. The van der Waals surface area contributed by atoms with Gasteiger partial charge in [-0.05, 0) is 19.8 Å². The van der Waals surface area contributed by atoms with Crippen molar-refractivity contribution in [3.05, 3.63) is 17.6 Å². The van der Waals surface area contributed by atoms with Gasteiger partial charge in [-0.1, -0.05) is 6.42 Å². The second-order valence-electron chi connectivity index (χ2n) is 5.82. The highest BCUT2D eigenvalue weighted by Gasteiger charge is 2.24. The van der Waals surface area contributed by atoms with E-state index < -0.39 is 0 Å². The Morgan fingerprint density at radius 1 is 1.20 bits per heavy atom. The molecule has 0 spiro atoms. The molecule has 5 heteroatoms. The second-order valence-corrected chi connectivity index (χ2v) is 5.82. The summed E-state index contributed by atoms with van der Waals surface area (Å²) >= 11 is 0. The van der Waals surface area contributed by atoms with E-state index in [2.05, 4.69) is 20.9 Å². The highest BCUT2D eigenvalue weighted by Crippen LogP contribution is 2.36. The first-order valence-corrected chi connectivity index (χ1v) is 7.49. The van der Waals surface area contributed by atoms with Gasteiger partial charge < -0.3 is 9.80 Å². The van der Waals surface area contributed by atoms with E-state index in [0.29, 0.717) is 5.92 Å². The summed E-state index contributed by atoms with van der Waals surface area (Å²) in [5, 5.41) is 0. The van der Waals surface area contributed by atoms with Crippen LogP contribution in [-0.2, 0) is 4.79 Å². The Balaban J connectivity index is 1.73. The van der Waals surface area contributed by atoms with Crippen molar-refractivity contribution in [1.29, 1.82) is 0 Å². The largest absolute Gasteiger partial charge is 0.353 e. The van der Waals surface area contributed by atoms with Crippen molar-refractivity contribution in [2.24, 2.45) is 0 Å². The van der Waals surface area contributed by atoms with Crippen molar-refractivity contribution >= 4 is 11.7 Å². The summed E-state index contributed by atoms with van der Waals surface area (Å²) in [6.07, 6.45) is 3.84. The molecule has 1 amide bonds. The highest BCUT2D eigenvalue weighted by molar-refractivity contribution is 5.73. The summed E-state index contributed by atoms with van der Waals surface area (Å²) in [6.45, 7) is 6.91. The topological polar surface area (TPSA) is 49.3 Å². The molecule has 2 heterocycles. The van der Waals surface area contributed by atoms with Crippen LogP contribution in [0.3, 0.4) is 0 Å². The number of hydrogen-bond donors (Lipinski definition) is 0. The third kappa shape index (κ3) is 2.62. The molecular formula is C15H22N4O. The molecule has 1 saturated carbocycles. The van der Waals surface area contributed by atoms with Gasteiger partial charge in [0.1, 0.15) is 11.6 Å². The summed E-state index contributed by atoms with van der Waals surface area (Å²) in [6, 6.07) is 2.15. The zero-order chi connectivity index (χ0) is 14.1. The van der Waals surface area contributed by atoms with Crippen LogP contribution in [0.1, 0.15) is 43.6 Å². The number of hydrogen-bond acceptors (Lipinski definition) is 4. The molecule has 5 nitrogen and oxygen atoms in total. The van der Waals surface area contributed by atoms with E-state index in [9.17, 15) is 4.79 Å². The molecule has 0 aromatic carbocycles. The molecule has 1 aliphatic carbocycles. The summed E-state index contributed by atoms with van der Waals surface area (Å²) in [7, 11) is 0. The van der Waals surface area contributed by atoms with Crippen LogP contribution in [0.2, 0.25) is 0 Å². The highest BCUT2D eigenvalue weighted by atomic mass is 16.2. The van der Waals surface area contributed by atoms with Gasteiger partial charge in [0.25, 0.3) is 0 Å². The molecule has 3 rings (SSSR count). The first kappa shape index (κ1) is 13.3. The number of nitrogens with zero attached hydrogens (tertiary/aromatic N) is 4. The fourth-order valence-corrected chi connectivity index (χ4v) is 2.90. The van der Waals surface area contributed by atoms with Crippen molar-refractivity contribution in [2.45, 2.75) is 39.0 Å². The first-order chi connectivity index (χ1) is 9.63. The Kier molecular flexibility index (Phi) is 3.59. The standard InChI is InChI=1S/C15H22N4O/c1-11-16-14(13-4-3-5-13)10-15(17-11)19-8-6-18(7-9-19)12(2)20/h10,13H,3-9H2,1-2H3. The number of aromatic nitrogens is 2. The van der Waals surface area contributed by atoms with Gasteiger partial charge >= 0.3 is 0 Å². The minimum atomic E-state index is 0.165. The van der Waals surface area contributed by atoms with E-state index in [-0.39, 0.29) is 5.91 Å².